The van der Waals surface area contributed by atoms with Gasteiger partial charge in [-0.1, -0.05) is 5.16 Å². The fourth-order valence-corrected chi connectivity index (χ4v) is 2.85. The van der Waals surface area contributed by atoms with Crippen LogP contribution in [0.2, 0.25) is 0 Å². The third-order valence-corrected chi connectivity index (χ3v) is 4.56. The number of nitrogens with one attached hydrogen (secondary N) is 2. The Bertz CT molecular complexity index is 936. The number of thiazole rings is 1. The average molecular weight is 497 g/mol. The van der Waals surface area contributed by atoms with E-state index in [-0.39, 0.29) is 69.9 Å². The van der Waals surface area contributed by atoms with Crippen molar-refractivity contribution in [1.82, 2.24) is 15.0 Å². The van der Waals surface area contributed by atoms with E-state index in [0.717, 1.165) is 32.1 Å². The van der Waals surface area contributed by atoms with Crippen molar-refractivity contribution in [1.29, 1.82) is 0 Å². The smallest absolute Gasteiger partial charge is 0.548 e. The number of carboxylic acid groups (broad SMARTS) is 2. The molecule has 1 amide bonds. The number of nitrogens with zero attached hydrogens (tertiary/aromatic N) is 2. The molecule has 0 fully saturated rings. The summed E-state index contributed by atoms with van der Waals surface area (Å²) in [5, 5.41) is 28.9. The second-order valence-electron chi connectivity index (χ2n) is 6.05. The maximum atomic E-state index is 12.5. The van der Waals surface area contributed by atoms with Crippen molar-refractivity contribution in [2.24, 2.45) is 5.16 Å². The van der Waals surface area contributed by atoms with Gasteiger partial charge in [0, 0.05) is 11.4 Å². The van der Waals surface area contributed by atoms with Gasteiger partial charge in [0.15, 0.2) is 16.4 Å². The molecular formula is C13H17N5Na2O9S2. The van der Waals surface area contributed by atoms with Crippen molar-refractivity contribution in [3.8, 4) is 0 Å². The van der Waals surface area contributed by atoms with Crippen molar-refractivity contribution in [2.45, 2.75) is 38.5 Å². The van der Waals surface area contributed by atoms with E-state index in [0.29, 0.717) is 0 Å². The van der Waals surface area contributed by atoms with Gasteiger partial charge in [-0.3, -0.25) is 9.35 Å². The zero-order chi connectivity index (χ0) is 22.6. The number of carboxylic acids is 2. The summed E-state index contributed by atoms with van der Waals surface area (Å²) in [6.07, 6.45) is 0. The normalized spacial score (nSPS) is 13.7. The molecule has 0 saturated carbocycles. The number of carbonyl (C=O) groups is 3. The Kier molecular flexibility index (Phi) is 13.6. The maximum absolute atomic E-state index is 12.5. The van der Waals surface area contributed by atoms with Crippen LogP contribution in [0.5, 0.6) is 0 Å². The number of amides is 1. The van der Waals surface area contributed by atoms with Crippen LogP contribution in [0.4, 0.5) is 5.13 Å². The molecule has 31 heavy (non-hydrogen) atoms. The molecule has 1 heterocycles. The Labute approximate surface area is 225 Å². The number of hydrogen-bond donors (Lipinski definition) is 4. The molecule has 0 aliphatic heterocycles. The summed E-state index contributed by atoms with van der Waals surface area (Å²) in [5.74, 6) is -4.78. The van der Waals surface area contributed by atoms with Gasteiger partial charge >= 0.3 is 69.4 Å². The van der Waals surface area contributed by atoms with Crippen molar-refractivity contribution in [2.75, 3.05) is 5.73 Å². The van der Waals surface area contributed by atoms with E-state index in [1.807, 2.05) is 5.32 Å². The maximum Gasteiger partial charge on any atom is 1.00 e. The molecule has 0 bridgehead atoms. The molecule has 0 aliphatic rings. The quantitative estimate of drug-likeness (QED) is 0.102. The fraction of sp³-hybridized carbons (Fsp3) is 0.462. The third kappa shape index (κ3) is 10.6. The van der Waals surface area contributed by atoms with Crippen molar-refractivity contribution in [3.63, 3.8) is 0 Å². The van der Waals surface area contributed by atoms with Gasteiger partial charge in [-0.25, -0.2) is 4.98 Å². The average Bonchev–Trinajstić information content (AvgIpc) is 2.96. The molecule has 162 valence electrons. The Balaban J connectivity index is 0. The van der Waals surface area contributed by atoms with Crippen LogP contribution < -0.4 is 85.1 Å². The summed E-state index contributed by atoms with van der Waals surface area (Å²) in [6, 6.07) is -3.50. The van der Waals surface area contributed by atoms with E-state index in [1.165, 1.54) is 5.38 Å². The summed E-state index contributed by atoms with van der Waals surface area (Å²) < 4.78 is 32.1. The second-order valence-corrected chi connectivity index (χ2v) is 8.13. The molecule has 1 aromatic heterocycles. The van der Waals surface area contributed by atoms with Gasteiger partial charge in [-0.2, -0.15) is 13.1 Å². The van der Waals surface area contributed by atoms with Gasteiger partial charge in [0.05, 0.1) is 18.0 Å². The predicted molar refractivity (Wildman–Crippen MR) is 94.3 cm³/mol. The SMILES string of the molecule is C[C@H](NS(=O)(=O)O)[C@H](NC(=O)/C(=N\OC(C)(C)C(=O)[O-])c1csc(N)n1)C(=O)[O-].[Na+].[Na+]. The van der Waals surface area contributed by atoms with Gasteiger partial charge in [-0.15, -0.1) is 11.3 Å². The number of oxime groups is 1. The summed E-state index contributed by atoms with van der Waals surface area (Å²) in [6.45, 7) is 3.19. The number of hydrogen-bond acceptors (Lipinski definition) is 12. The molecule has 14 nitrogen and oxygen atoms in total. The fourth-order valence-electron chi connectivity index (χ4n) is 1.70. The number of anilines is 1. The van der Waals surface area contributed by atoms with Crippen molar-refractivity contribution in [3.05, 3.63) is 11.1 Å². The number of nitrogen functional groups attached to an aromatic ring is 1. The van der Waals surface area contributed by atoms with Crippen LogP contribution in [0.25, 0.3) is 0 Å². The van der Waals surface area contributed by atoms with E-state index in [1.54, 1.807) is 4.72 Å². The van der Waals surface area contributed by atoms with Crippen molar-refractivity contribution >= 4 is 50.3 Å². The largest absolute Gasteiger partial charge is 1.00 e. The number of carbonyl (C=O) groups excluding carboxylic acids is 3. The molecule has 5 N–H and O–H groups in total. The Morgan fingerprint density at radius 1 is 1.32 bits per heavy atom. The van der Waals surface area contributed by atoms with Gasteiger partial charge in [-0.05, 0) is 20.8 Å². The third-order valence-electron chi connectivity index (χ3n) is 3.21. The Morgan fingerprint density at radius 3 is 2.26 bits per heavy atom. The Morgan fingerprint density at radius 2 is 1.87 bits per heavy atom. The van der Waals surface area contributed by atoms with E-state index < -0.39 is 51.5 Å². The first-order valence-corrected chi connectivity index (χ1v) is 9.91. The summed E-state index contributed by atoms with van der Waals surface area (Å²) in [4.78, 5) is 43.4. The van der Waals surface area contributed by atoms with Crippen LogP contribution in [0.1, 0.15) is 26.5 Å². The summed E-state index contributed by atoms with van der Waals surface area (Å²) in [7, 11) is -4.79. The van der Waals surface area contributed by atoms with Crippen LogP contribution in [0, 0.1) is 0 Å². The van der Waals surface area contributed by atoms with Crippen molar-refractivity contribution < 1.29 is 102 Å². The van der Waals surface area contributed by atoms with Crippen LogP contribution >= 0.6 is 11.3 Å². The molecular weight excluding hydrogens is 480 g/mol. The summed E-state index contributed by atoms with van der Waals surface area (Å²) >= 11 is 0.897. The topological polar surface area (TPSA) is 236 Å². The molecule has 1 aromatic rings. The number of nitrogens with two attached hydrogens (primary N) is 1. The van der Waals surface area contributed by atoms with E-state index in [2.05, 4.69) is 10.1 Å². The molecule has 0 aromatic carbocycles. The Hall–Kier alpha value is -0.820. The second kappa shape index (κ2) is 13.0. The zero-order valence-electron chi connectivity index (χ0n) is 17.2. The van der Waals surface area contributed by atoms with Gasteiger partial charge < -0.3 is 35.7 Å². The molecule has 1 rings (SSSR count). The molecule has 2 atom stereocenters. The first-order valence-electron chi connectivity index (χ1n) is 7.59. The number of aromatic nitrogens is 1. The number of rotatable bonds is 10. The molecule has 0 saturated heterocycles. The summed E-state index contributed by atoms with van der Waals surface area (Å²) in [5.41, 5.74) is 2.69. The minimum absolute atomic E-state index is 0. The van der Waals surface area contributed by atoms with Gasteiger partial charge in [0.1, 0.15) is 5.69 Å². The monoisotopic (exact) mass is 497 g/mol. The van der Waals surface area contributed by atoms with Gasteiger partial charge in [0.25, 0.3) is 5.91 Å². The molecule has 0 unspecified atom stereocenters. The number of aliphatic carboxylic acids is 2. The minimum atomic E-state index is -4.79. The molecule has 18 heteroatoms. The molecule has 0 spiro atoms. The first kappa shape index (κ1) is 32.4. The predicted octanol–water partition coefficient (Wildman–Crippen LogP) is -10.0. The van der Waals surface area contributed by atoms with Crippen LogP contribution in [-0.4, -0.2) is 59.2 Å². The standard InChI is InChI=1S/C13H19N5O9S2.2Na/c1-5(18-29(24,25)26)7(10(20)21)16-9(19)8(6-4-28-12(14)15-6)17-27-13(2,3)11(22)23;;/h4-5,7,18H,1-3H3,(H2,14,15)(H,16,19)(H,20,21)(H,22,23)(H,24,25,26);;/q;2*+1/p-2/b17-8-;;/t5-,7-;;/m0../s1. The molecule has 0 radical (unpaired) electrons. The zero-order valence-corrected chi connectivity index (χ0v) is 22.9. The van der Waals surface area contributed by atoms with Crippen LogP contribution in [0.3, 0.4) is 0 Å². The van der Waals surface area contributed by atoms with Crippen LogP contribution in [-0.2, 0) is 29.5 Å². The van der Waals surface area contributed by atoms with E-state index in [9.17, 15) is 33.0 Å². The van der Waals surface area contributed by atoms with E-state index in [4.69, 9.17) is 15.1 Å². The minimum Gasteiger partial charge on any atom is -0.548 e. The van der Waals surface area contributed by atoms with Crippen LogP contribution in [0.15, 0.2) is 10.5 Å². The first-order chi connectivity index (χ1) is 13.1. The molecule has 0 aliphatic carbocycles. The van der Waals surface area contributed by atoms with Gasteiger partial charge in [0.2, 0.25) is 0 Å². The van der Waals surface area contributed by atoms with E-state index >= 15 is 0 Å².